The van der Waals surface area contributed by atoms with E-state index < -0.39 is 0 Å². The molecule has 3 nitrogen and oxygen atoms in total. The SMILES string of the molecule is Cc1nc(Cc2cccc3ccccc23)sc1CC(=O)Nc1ccccc1Cl. The van der Waals surface area contributed by atoms with Crippen molar-refractivity contribution >= 4 is 45.3 Å². The van der Waals surface area contributed by atoms with Gasteiger partial charge in [-0.05, 0) is 35.4 Å². The Morgan fingerprint density at radius 1 is 1.04 bits per heavy atom. The minimum Gasteiger partial charge on any atom is -0.324 e. The summed E-state index contributed by atoms with van der Waals surface area (Å²) in [5, 5.41) is 6.91. The monoisotopic (exact) mass is 406 g/mol. The van der Waals surface area contributed by atoms with Crippen molar-refractivity contribution in [2.24, 2.45) is 0 Å². The van der Waals surface area contributed by atoms with Crippen molar-refractivity contribution in [2.75, 3.05) is 5.32 Å². The van der Waals surface area contributed by atoms with Crippen LogP contribution in [-0.2, 0) is 17.6 Å². The molecule has 0 aliphatic carbocycles. The number of halogens is 1. The summed E-state index contributed by atoms with van der Waals surface area (Å²) in [7, 11) is 0. The lowest BCUT2D eigenvalue weighted by Gasteiger charge is -2.06. The van der Waals surface area contributed by atoms with Crippen LogP contribution in [0.25, 0.3) is 10.8 Å². The third-order valence-corrected chi connectivity index (χ3v) is 6.11. The van der Waals surface area contributed by atoms with E-state index in [0.29, 0.717) is 17.1 Å². The lowest BCUT2D eigenvalue weighted by molar-refractivity contribution is -0.115. The van der Waals surface area contributed by atoms with E-state index in [1.807, 2.05) is 19.1 Å². The summed E-state index contributed by atoms with van der Waals surface area (Å²) in [4.78, 5) is 18.1. The highest BCUT2D eigenvalue weighted by Gasteiger charge is 2.14. The van der Waals surface area contributed by atoms with Gasteiger partial charge >= 0.3 is 0 Å². The highest BCUT2D eigenvalue weighted by molar-refractivity contribution is 7.11. The van der Waals surface area contributed by atoms with Crippen molar-refractivity contribution < 1.29 is 4.79 Å². The number of hydrogen-bond acceptors (Lipinski definition) is 3. The van der Waals surface area contributed by atoms with Gasteiger partial charge in [0, 0.05) is 11.3 Å². The summed E-state index contributed by atoms with van der Waals surface area (Å²) < 4.78 is 0. The molecule has 0 aliphatic rings. The Morgan fingerprint density at radius 3 is 2.64 bits per heavy atom. The average Bonchev–Trinajstić information content (AvgIpc) is 3.03. The van der Waals surface area contributed by atoms with Crippen LogP contribution in [0, 0.1) is 6.92 Å². The number of carbonyl (C=O) groups excluding carboxylic acids is 1. The molecular formula is C23H19ClN2OS. The van der Waals surface area contributed by atoms with Gasteiger partial charge in [-0.2, -0.15) is 0 Å². The van der Waals surface area contributed by atoms with Gasteiger partial charge in [-0.3, -0.25) is 4.79 Å². The minimum atomic E-state index is -0.0865. The number of benzene rings is 3. The van der Waals surface area contributed by atoms with Crippen LogP contribution in [0.4, 0.5) is 5.69 Å². The number of rotatable bonds is 5. The quantitative estimate of drug-likeness (QED) is 0.439. The molecule has 0 saturated carbocycles. The van der Waals surface area contributed by atoms with Crippen molar-refractivity contribution in [1.82, 2.24) is 4.98 Å². The van der Waals surface area contributed by atoms with Gasteiger partial charge in [-0.25, -0.2) is 4.98 Å². The maximum Gasteiger partial charge on any atom is 0.229 e. The van der Waals surface area contributed by atoms with E-state index in [-0.39, 0.29) is 5.91 Å². The summed E-state index contributed by atoms with van der Waals surface area (Å²) in [5.41, 5.74) is 2.79. The molecular weight excluding hydrogens is 388 g/mol. The number of hydrogen-bond donors (Lipinski definition) is 1. The van der Waals surface area contributed by atoms with E-state index in [0.717, 1.165) is 22.0 Å². The highest BCUT2D eigenvalue weighted by Crippen LogP contribution is 2.26. The van der Waals surface area contributed by atoms with Crippen molar-refractivity contribution in [3.05, 3.63) is 92.9 Å². The van der Waals surface area contributed by atoms with E-state index in [1.165, 1.54) is 16.3 Å². The molecule has 1 N–H and O–H groups in total. The number of aryl methyl sites for hydroxylation is 1. The van der Waals surface area contributed by atoms with Crippen LogP contribution in [0.2, 0.25) is 5.02 Å². The average molecular weight is 407 g/mol. The predicted molar refractivity (Wildman–Crippen MR) is 117 cm³/mol. The Balaban J connectivity index is 1.50. The zero-order valence-electron chi connectivity index (χ0n) is 15.4. The second kappa shape index (κ2) is 8.13. The Kier molecular flexibility index (Phi) is 5.42. The predicted octanol–water partition coefficient (Wildman–Crippen LogP) is 6.03. The molecule has 1 amide bonds. The molecule has 0 unspecified atom stereocenters. The Hall–Kier alpha value is -2.69. The van der Waals surface area contributed by atoms with Crippen molar-refractivity contribution in [3.8, 4) is 0 Å². The first-order valence-electron chi connectivity index (χ1n) is 9.06. The first-order chi connectivity index (χ1) is 13.6. The molecule has 28 heavy (non-hydrogen) atoms. The van der Waals surface area contributed by atoms with Crippen LogP contribution < -0.4 is 5.32 Å². The highest BCUT2D eigenvalue weighted by atomic mass is 35.5. The lowest BCUT2D eigenvalue weighted by atomic mass is 10.0. The zero-order valence-corrected chi connectivity index (χ0v) is 17.0. The lowest BCUT2D eigenvalue weighted by Crippen LogP contribution is -2.14. The molecule has 0 fully saturated rings. The van der Waals surface area contributed by atoms with Gasteiger partial charge in [-0.15, -0.1) is 11.3 Å². The Labute approximate surface area is 173 Å². The number of para-hydroxylation sites is 1. The van der Waals surface area contributed by atoms with Gasteiger partial charge in [0.25, 0.3) is 0 Å². The van der Waals surface area contributed by atoms with E-state index in [4.69, 9.17) is 16.6 Å². The summed E-state index contributed by atoms with van der Waals surface area (Å²) in [6.07, 6.45) is 1.06. The van der Waals surface area contributed by atoms with Crippen LogP contribution in [0.3, 0.4) is 0 Å². The van der Waals surface area contributed by atoms with Crippen LogP contribution in [0.5, 0.6) is 0 Å². The zero-order chi connectivity index (χ0) is 19.5. The molecule has 1 heterocycles. The fraction of sp³-hybridized carbons (Fsp3) is 0.130. The maximum atomic E-state index is 12.4. The molecule has 0 bridgehead atoms. The number of fused-ring (bicyclic) bond motifs is 1. The summed E-state index contributed by atoms with van der Waals surface area (Å²) in [6, 6.07) is 22.0. The molecule has 3 aromatic carbocycles. The molecule has 4 rings (SSSR count). The summed E-state index contributed by atoms with van der Waals surface area (Å²) >= 11 is 7.72. The molecule has 0 spiro atoms. The van der Waals surface area contributed by atoms with Crippen LogP contribution in [0.15, 0.2) is 66.7 Å². The third-order valence-electron chi connectivity index (χ3n) is 4.63. The first kappa shape index (κ1) is 18.7. The van der Waals surface area contributed by atoms with E-state index >= 15 is 0 Å². The first-order valence-corrected chi connectivity index (χ1v) is 10.3. The van der Waals surface area contributed by atoms with Crippen LogP contribution in [-0.4, -0.2) is 10.9 Å². The fourth-order valence-electron chi connectivity index (χ4n) is 3.24. The smallest absolute Gasteiger partial charge is 0.229 e. The van der Waals surface area contributed by atoms with Gasteiger partial charge in [0.15, 0.2) is 0 Å². The van der Waals surface area contributed by atoms with Crippen molar-refractivity contribution in [2.45, 2.75) is 19.8 Å². The van der Waals surface area contributed by atoms with Gasteiger partial charge in [-0.1, -0.05) is 66.2 Å². The number of nitrogens with zero attached hydrogens (tertiary/aromatic N) is 1. The summed E-state index contributed by atoms with van der Waals surface area (Å²) in [5.74, 6) is -0.0865. The Morgan fingerprint density at radius 2 is 1.79 bits per heavy atom. The number of aromatic nitrogens is 1. The number of amides is 1. The normalized spacial score (nSPS) is 10.9. The third kappa shape index (κ3) is 4.08. The molecule has 1 aromatic heterocycles. The van der Waals surface area contributed by atoms with E-state index in [1.54, 1.807) is 23.5 Å². The summed E-state index contributed by atoms with van der Waals surface area (Å²) in [6.45, 7) is 1.96. The molecule has 0 saturated heterocycles. The topological polar surface area (TPSA) is 42.0 Å². The van der Waals surface area contributed by atoms with Gasteiger partial charge < -0.3 is 5.32 Å². The van der Waals surface area contributed by atoms with Gasteiger partial charge in [0.05, 0.1) is 27.8 Å². The molecule has 0 atom stereocenters. The number of thiazole rings is 1. The number of carbonyl (C=O) groups is 1. The second-order valence-electron chi connectivity index (χ2n) is 6.64. The largest absolute Gasteiger partial charge is 0.324 e. The maximum absolute atomic E-state index is 12.4. The van der Waals surface area contributed by atoms with E-state index in [9.17, 15) is 4.79 Å². The van der Waals surface area contributed by atoms with Crippen LogP contribution >= 0.6 is 22.9 Å². The second-order valence-corrected chi connectivity index (χ2v) is 8.21. The molecule has 0 aliphatic heterocycles. The van der Waals surface area contributed by atoms with E-state index in [2.05, 4.69) is 47.8 Å². The molecule has 5 heteroatoms. The molecule has 140 valence electrons. The minimum absolute atomic E-state index is 0.0865. The molecule has 0 radical (unpaired) electrons. The van der Waals surface area contributed by atoms with Gasteiger partial charge in [0.1, 0.15) is 0 Å². The molecule has 4 aromatic rings. The number of nitrogens with one attached hydrogen (secondary N) is 1. The number of anilines is 1. The van der Waals surface area contributed by atoms with Crippen LogP contribution in [0.1, 0.15) is 21.1 Å². The van der Waals surface area contributed by atoms with Crippen molar-refractivity contribution in [1.29, 1.82) is 0 Å². The standard InChI is InChI=1S/C23H19ClN2OS/c1-15-21(14-22(27)26-20-12-5-4-11-19(20)24)28-23(25-15)13-17-9-6-8-16-7-2-3-10-18(16)17/h2-12H,13-14H2,1H3,(H,26,27). The van der Waals surface area contributed by atoms with Gasteiger partial charge in [0.2, 0.25) is 5.91 Å². The fourth-order valence-corrected chi connectivity index (χ4v) is 4.51. The van der Waals surface area contributed by atoms with Crippen molar-refractivity contribution in [3.63, 3.8) is 0 Å². The Bertz CT molecular complexity index is 1150.